The molecule has 4 rings (SSSR count). The molecule has 1 aliphatic rings. The molecule has 1 saturated heterocycles. The Kier molecular flexibility index (Phi) is 6.37. The zero-order chi connectivity index (χ0) is 21.1. The number of hydrogen-bond acceptors (Lipinski definition) is 4. The molecule has 1 aromatic heterocycles. The number of benzene rings is 2. The summed E-state index contributed by atoms with van der Waals surface area (Å²) in [6, 6.07) is 12.9. The van der Waals surface area contributed by atoms with E-state index in [1.165, 1.54) is 0 Å². The molecule has 1 amide bonds. The third-order valence-electron chi connectivity index (χ3n) is 5.91. The normalized spacial score (nSPS) is 15.6. The number of piperazine rings is 1. The smallest absolute Gasteiger partial charge is 0.257 e. The minimum absolute atomic E-state index is 0.220. The van der Waals surface area contributed by atoms with Crippen molar-refractivity contribution in [2.45, 2.75) is 13.3 Å². The minimum Gasteiger partial charge on any atom is -0.331 e. The van der Waals surface area contributed by atoms with Gasteiger partial charge < -0.3 is 19.7 Å². The van der Waals surface area contributed by atoms with Gasteiger partial charge in [0.05, 0.1) is 21.6 Å². The van der Waals surface area contributed by atoms with Gasteiger partial charge in [-0.15, -0.1) is 0 Å². The van der Waals surface area contributed by atoms with Crippen molar-refractivity contribution in [3.05, 3.63) is 58.9 Å². The summed E-state index contributed by atoms with van der Waals surface area (Å²) in [7, 11) is 2.06. The Labute approximate surface area is 182 Å². The van der Waals surface area contributed by atoms with Crippen molar-refractivity contribution in [2.24, 2.45) is 7.05 Å². The number of aryl methyl sites for hydroxylation is 1. The number of hydrogen-bond donors (Lipinski definition) is 1. The van der Waals surface area contributed by atoms with Crippen LogP contribution in [0.4, 0.5) is 5.69 Å². The summed E-state index contributed by atoms with van der Waals surface area (Å²) in [5.74, 6) is 0.847. The van der Waals surface area contributed by atoms with E-state index in [0.29, 0.717) is 16.3 Å². The van der Waals surface area contributed by atoms with Gasteiger partial charge in [0.15, 0.2) is 0 Å². The summed E-state index contributed by atoms with van der Waals surface area (Å²) in [4.78, 5) is 22.4. The fourth-order valence-corrected chi connectivity index (χ4v) is 4.20. The van der Waals surface area contributed by atoms with Crippen LogP contribution in [0.2, 0.25) is 5.02 Å². The number of carbonyl (C=O) groups is 1. The average Bonchev–Trinajstić information content (AvgIpc) is 3.07. The average molecular weight is 426 g/mol. The van der Waals surface area contributed by atoms with Crippen molar-refractivity contribution in [2.75, 3.05) is 44.6 Å². The molecule has 0 spiro atoms. The van der Waals surface area contributed by atoms with Crippen molar-refractivity contribution in [3.8, 4) is 0 Å². The van der Waals surface area contributed by atoms with Gasteiger partial charge in [0.1, 0.15) is 5.82 Å². The standard InChI is InChI=1S/C23H28ClN5O/c1-3-28-12-14-29(15-13-28)11-10-22-26-20-16-17(8-9-21(20)27(22)2)25-23(30)18-6-4-5-7-19(18)24/h4-9,16H,3,10-15H2,1-2H3,(H,25,30). The first kappa shape index (κ1) is 20.8. The molecule has 0 atom stereocenters. The Morgan fingerprint density at radius 2 is 1.83 bits per heavy atom. The van der Waals surface area contributed by atoms with Gasteiger partial charge in [-0.05, 0) is 36.9 Å². The highest BCUT2D eigenvalue weighted by molar-refractivity contribution is 6.34. The Bertz CT molecular complexity index is 1040. The van der Waals surface area contributed by atoms with Crippen LogP contribution in [-0.2, 0) is 13.5 Å². The van der Waals surface area contributed by atoms with E-state index >= 15 is 0 Å². The molecule has 0 unspecified atom stereocenters. The molecule has 2 heterocycles. The number of halogens is 1. The number of imidazole rings is 1. The van der Waals surface area contributed by atoms with Gasteiger partial charge in [-0.25, -0.2) is 4.98 Å². The Hall–Kier alpha value is -2.41. The van der Waals surface area contributed by atoms with Gasteiger partial charge in [-0.1, -0.05) is 30.7 Å². The Morgan fingerprint density at radius 1 is 1.10 bits per heavy atom. The van der Waals surface area contributed by atoms with Crippen molar-refractivity contribution in [1.29, 1.82) is 0 Å². The molecular formula is C23H28ClN5O. The molecule has 0 aliphatic carbocycles. The lowest BCUT2D eigenvalue weighted by Crippen LogP contribution is -2.46. The summed E-state index contributed by atoms with van der Waals surface area (Å²) < 4.78 is 2.15. The molecule has 1 fully saturated rings. The van der Waals surface area contributed by atoms with Crippen LogP contribution in [0.15, 0.2) is 42.5 Å². The fourth-order valence-electron chi connectivity index (χ4n) is 3.98. The second-order valence-electron chi connectivity index (χ2n) is 7.75. The summed E-state index contributed by atoms with van der Waals surface area (Å²) in [6.07, 6.45) is 0.915. The van der Waals surface area contributed by atoms with Crippen LogP contribution >= 0.6 is 11.6 Å². The van der Waals surface area contributed by atoms with E-state index in [1.54, 1.807) is 18.2 Å². The first-order chi connectivity index (χ1) is 14.5. The van der Waals surface area contributed by atoms with Crippen molar-refractivity contribution in [1.82, 2.24) is 19.4 Å². The highest BCUT2D eigenvalue weighted by Crippen LogP contribution is 2.22. The van der Waals surface area contributed by atoms with Crippen molar-refractivity contribution in [3.63, 3.8) is 0 Å². The lowest BCUT2D eigenvalue weighted by molar-refractivity contribution is 0.102. The van der Waals surface area contributed by atoms with Gasteiger partial charge in [0.25, 0.3) is 5.91 Å². The van der Waals surface area contributed by atoms with Gasteiger partial charge in [-0.3, -0.25) is 4.79 Å². The molecule has 0 radical (unpaired) electrons. The van der Waals surface area contributed by atoms with E-state index in [1.807, 2.05) is 24.3 Å². The van der Waals surface area contributed by atoms with Crippen molar-refractivity contribution < 1.29 is 4.79 Å². The number of rotatable bonds is 6. The summed E-state index contributed by atoms with van der Waals surface area (Å²) in [5.41, 5.74) is 3.13. The van der Waals surface area contributed by atoms with Crippen LogP contribution < -0.4 is 5.32 Å². The number of amides is 1. The monoisotopic (exact) mass is 425 g/mol. The molecule has 3 aromatic rings. The first-order valence-electron chi connectivity index (χ1n) is 10.5. The third-order valence-corrected chi connectivity index (χ3v) is 6.24. The van der Waals surface area contributed by atoms with Gasteiger partial charge in [0, 0.05) is 51.9 Å². The molecule has 158 valence electrons. The number of likely N-dealkylation sites (N-methyl/N-ethyl adjacent to an activating group) is 1. The van der Waals surface area contributed by atoms with Crippen LogP contribution in [-0.4, -0.2) is 64.5 Å². The number of nitrogens with zero attached hydrogens (tertiary/aromatic N) is 4. The Morgan fingerprint density at radius 3 is 2.57 bits per heavy atom. The van der Waals surface area contributed by atoms with E-state index in [0.717, 1.165) is 62.5 Å². The second kappa shape index (κ2) is 9.16. The fraction of sp³-hybridized carbons (Fsp3) is 0.391. The van der Waals surface area contributed by atoms with Crippen LogP contribution in [0.3, 0.4) is 0 Å². The molecule has 6 nitrogen and oxygen atoms in total. The molecule has 2 aromatic carbocycles. The predicted octanol–water partition coefficient (Wildman–Crippen LogP) is 3.66. The molecule has 7 heteroatoms. The number of anilines is 1. The molecule has 0 bridgehead atoms. The largest absolute Gasteiger partial charge is 0.331 e. The summed E-state index contributed by atoms with van der Waals surface area (Å²) >= 11 is 6.14. The van der Waals surface area contributed by atoms with E-state index in [-0.39, 0.29) is 5.91 Å². The van der Waals surface area contributed by atoms with E-state index < -0.39 is 0 Å². The zero-order valence-corrected chi connectivity index (χ0v) is 18.3. The van der Waals surface area contributed by atoms with Crippen LogP contribution in [0, 0.1) is 0 Å². The Balaban J connectivity index is 1.44. The zero-order valence-electron chi connectivity index (χ0n) is 17.6. The number of fused-ring (bicyclic) bond motifs is 1. The second-order valence-corrected chi connectivity index (χ2v) is 8.16. The molecule has 1 aliphatic heterocycles. The number of carbonyl (C=O) groups excluding carboxylic acids is 1. The van der Waals surface area contributed by atoms with Gasteiger partial charge >= 0.3 is 0 Å². The number of aromatic nitrogens is 2. The van der Waals surface area contributed by atoms with Crippen molar-refractivity contribution >= 4 is 34.2 Å². The SMILES string of the molecule is CCN1CCN(CCc2nc3cc(NC(=O)c4ccccc4Cl)ccc3n2C)CC1. The molecule has 30 heavy (non-hydrogen) atoms. The third kappa shape index (κ3) is 4.51. The maximum Gasteiger partial charge on any atom is 0.257 e. The lowest BCUT2D eigenvalue weighted by Gasteiger charge is -2.33. The molecular weight excluding hydrogens is 398 g/mol. The maximum absolute atomic E-state index is 12.5. The molecule has 1 N–H and O–H groups in total. The van der Waals surface area contributed by atoms with Crippen LogP contribution in [0.25, 0.3) is 11.0 Å². The van der Waals surface area contributed by atoms with E-state index in [2.05, 4.69) is 33.7 Å². The van der Waals surface area contributed by atoms with Crippen LogP contribution in [0.1, 0.15) is 23.1 Å². The van der Waals surface area contributed by atoms with Gasteiger partial charge in [-0.2, -0.15) is 0 Å². The lowest BCUT2D eigenvalue weighted by atomic mass is 10.2. The highest BCUT2D eigenvalue weighted by atomic mass is 35.5. The van der Waals surface area contributed by atoms with Gasteiger partial charge in [0.2, 0.25) is 0 Å². The van der Waals surface area contributed by atoms with E-state index in [9.17, 15) is 4.79 Å². The summed E-state index contributed by atoms with van der Waals surface area (Å²) in [5, 5.41) is 3.37. The van der Waals surface area contributed by atoms with Crippen LogP contribution in [0.5, 0.6) is 0 Å². The highest BCUT2D eigenvalue weighted by Gasteiger charge is 2.17. The predicted molar refractivity (Wildman–Crippen MR) is 122 cm³/mol. The maximum atomic E-state index is 12.5. The first-order valence-corrected chi connectivity index (χ1v) is 10.9. The number of nitrogens with one attached hydrogen (secondary N) is 1. The van der Waals surface area contributed by atoms with E-state index in [4.69, 9.17) is 16.6 Å². The molecule has 0 saturated carbocycles. The quantitative estimate of drug-likeness (QED) is 0.654. The minimum atomic E-state index is -0.220. The summed E-state index contributed by atoms with van der Waals surface area (Å²) in [6.45, 7) is 8.91. The topological polar surface area (TPSA) is 53.4 Å².